The van der Waals surface area contributed by atoms with Gasteiger partial charge in [-0.15, -0.1) is 0 Å². The lowest BCUT2D eigenvalue weighted by Crippen LogP contribution is -2.14. The quantitative estimate of drug-likeness (QED) is 0.700. The van der Waals surface area contributed by atoms with Crippen molar-refractivity contribution in [2.24, 2.45) is 0 Å². The summed E-state index contributed by atoms with van der Waals surface area (Å²) in [5.41, 5.74) is 3.34. The number of benzene rings is 2. The summed E-state index contributed by atoms with van der Waals surface area (Å²) in [6, 6.07) is 17.0. The zero-order valence-corrected chi connectivity index (χ0v) is 12.6. The van der Waals surface area contributed by atoms with Crippen molar-refractivity contribution in [1.29, 1.82) is 0 Å². The Hall–Kier alpha value is -2.59. The monoisotopic (exact) mass is 312 g/mol. The van der Waals surface area contributed by atoms with Crippen LogP contribution in [0.5, 0.6) is 0 Å². The topological polar surface area (TPSA) is 44.1 Å². The van der Waals surface area contributed by atoms with Gasteiger partial charge in [0.05, 0.1) is 19.0 Å². The third-order valence-electron chi connectivity index (χ3n) is 3.32. The van der Waals surface area contributed by atoms with E-state index < -0.39 is 6.09 Å². The first-order chi connectivity index (χ1) is 10.7. The van der Waals surface area contributed by atoms with E-state index in [1.54, 1.807) is 18.3 Å². The van der Waals surface area contributed by atoms with Gasteiger partial charge in [-0.2, -0.15) is 9.78 Å². The Morgan fingerprint density at radius 2 is 1.73 bits per heavy atom. The number of carbonyl (C=O) groups is 1. The van der Waals surface area contributed by atoms with E-state index in [1.807, 2.05) is 42.5 Å². The highest BCUT2D eigenvalue weighted by atomic mass is 35.5. The zero-order valence-electron chi connectivity index (χ0n) is 11.9. The van der Waals surface area contributed by atoms with Crippen LogP contribution < -0.4 is 0 Å². The third kappa shape index (κ3) is 2.61. The molecule has 0 saturated carbocycles. The predicted molar refractivity (Wildman–Crippen MR) is 85.9 cm³/mol. The molecule has 0 unspecified atom stereocenters. The van der Waals surface area contributed by atoms with Gasteiger partial charge in [0.15, 0.2) is 0 Å². The summed E-state index contributed by atoms with van der Waals surface area (Å²) in [4.78, 5) is 12.0. The molecule has 110 valence electrons. The van der Waals surface area contributed by atoms with Gasteiger partial charge < -0.3 is 4.74 Å². The average molecular weight is 313 g/mol. The molecule has 5 heteroatoms. The molecule has 0 aliphatic heterocycles. The second-order valence-electron chi connectivity index (χ2n) is 4.66. The number of ether oxygens (including phenoxy) is 1. The van der Waals surface area contributed by atoms with Gasteiger partial charge >= 0.3 is 6.09 Å². The fraction of sp³-hybridized carbons (Fsp3) is 0.0588. The lowest BCUT2D eigenvalue weighted by Gasteiger charge is -2.08. The number of hydrogen-bond acceptors (Lipinski definition) is 3. The number of halogens is 1. The number of aromatic nitrogens is 2. The predicted octanol–water partition coefficient (Wildman–Crippen LogP) is 4.49. The van der Waals surface area contributed by atoms with Gasteiger partial charge in [-0.05, 0) is 17.7 Å². The van der Waals surface area contributed by atoms with Crippen molar-refractivity contribution in [1.82, 2.24) is 9.78 Å². The second kappa shape index (κ2) is 6.03. The minimum Gasteiger partial charge on any atom is -0.451 e. The molecule has 0 fully saturated rings. The third-order valence-corrected chi connectivity index (χ3v) is 3.57. The highest BCUT2D eigenvalue weighted by molar-refractivity contribution is 6.30. The molecular weight excluding hydrogens is 300 g/mol. The van der Waals surface area contributed by atoms with Gasteiger partial charge in [-0.3, -0.25) is 0 Å². The number of carbonyl (C=O) groups excluding carboxylic acids is 1. The maximum atomic E-state index is 12.0. The number of nitrogens with zero attached hydrogens (tertiary/aromatic N) is 2. The van der Waals surface area contributed by atoms with Gasteiger partial charge in [0.2, 0.25) is 0 Å². The Balaban J connectivity index is 2.22. The fourth-order valence-electron chi connectivity index (χ4n) is 2.29. The molecule has 0 radical (unpaired) electrons. The molecule has 2 aromatic carbocycles. The largest absolute Gasteiger partial charge is 0.451 e. The molecule has 0 spiro atoms. The van der Waals surface area contributed by atoms with Crippen LogP contribution in [-0.4, -0.2) is 23.0 Å². The van der Waals surface area contributed by atoms with E-state index in [0.29, 0.717) is 10.7 Å². The Bertz CT molecular complexity index is 795. The molecule has 0 N–H and O–H groups in total. The standard InChI is InChI=1S/C17H13ClN2O2/c1-22-17(21)20-16(13-7-9-14(18)10-8-13)15(11-19-20)12-5-3-2-4-6-12/h2-11H,1H3. The first-order valence-corrected chi connectivity index (χ1v) is 7.06. The number of hydrogen-bond donors (Lipinski definition) is 0. The Morgan fingerprint density at radius 3 is 2.36 bits per heavy atom. The summed E-state index contributed by atoms with van der Waals surface area (Å²) in [5, 5.41) is 4.80. The van der Waals surface area contributed by atoms with E-state index in [-0.39, 0.29) is 0 Å². The van der Waals surface area contributed by atoms with E-state index in [1.165, 1.54) is 11.8 Å². The van der Waals surface area contributed by atoms with Crippen LogP contribution in [0.1, 0.15) is 0 Å². The molecule has 3 aromatic rings. The van der Waals surface area contributed by atoms with Gasteiger partial charge in [0, 0.05) is 16.1 Å². The van der Waals surface area contributed by atoms with Crippen LogP contribution in [0.25, 0.3) is 22.4 Å². The molecule has 1 heterocycles. The van der Waals surface area contributed by atoms with Crippen LogP contribution in [0, 0.1) is 0 Å². The molecule has 0 atom stereocenters. The van der Waals surface area contributed by atoms with E-state index in [2.05, 4.69) is 5.10 Å². The summed E-state index contributed by atoms with van der Waals surface area (Å²) < 4.78 is 6.06. The van der Waals surface area contributed by atoms with E-state index in [9.17, 15) is 4.79 Å². The van der Waals surface area contributed by atoms with Crippen LogP contribution in [0.15, 0.2) is 60.8 Å². The molecule has 0 saturated heterocycles. The minimum absolute atomic E-state index is 0.535. The van der Waals surface area contributed by atoms with Gasteiger partial charge in [0.25, 0.3) is 0 Å². The fourth-order valence-corrected chi connectivity index (χ4v) is 2.41. The van der Waals surface area contributed by atoms with Crippen LogP contribution in [0.3, 0.4) is 0 Å². The van der Waals surface area contributed by atoms with Gasteiger partial charge in [-0.1, -0.05) is 54.1 Å². The van der Waals surface area contributed by atoms with Crippen molar-refractivity contribution in [2.45, 2.75) is 0 Å². The van der Waals surface area contributed by atoms with E-state index in [4.69, 9.17) is 16.3 Å². The number of methoxy groups -OCH3 is 1. The highest BCUT2D eigenvalue weighted by Gasteiger charge is 2.19. The molecule has 0 aliphatic rings. The maximum absolute atomic E-state index is 12.0. The van der Waals surface area contributed by atoms with Crippen LogP contribution >= 0.6 is 11.6 Å². The highest BCUT2D eigenvalue weighted by Crippen LogP contribution is 2.32. The van der Waals surface area contributed by atoms with Crippen molar-refractivity contribution >= 4 is 17.7 Å². The summed E-state index contributed by atoms with van der Waals surface area (Å²) in [5.74, 6) is 0. The zero-order chi connectivity index (χ0) is 15.5. The lowest BCUT2D eigenvalue weighted by molar-refractivity contribution is 0.169. The van der Waals surface area contributed by atoms with Gasteiger partial charge in [0.1, 0.15) is 0 Å². The first kappa shape index (κ1) is 14.4. The van der Waals surface area contributed by atoms with Crippen LogP contribution in [-0.2, 0) is 4.74 Å². The summed E-state index contributed by atoms with van der Waals surface area (Å²) in [6.45, 7) is 0. The molecular formula is C17H13ClN2O2. The van der Waals surface area contributed by atoms with Crippen molar-refractivity contribution in [3.05, 3.63) is 65.8 Å². The first-order valence-electron chi connectivity index (χ1n) is 6.68. The molecule has 3 rings (SSSR count). The van der Waals surface area contributed by atoms with Crippen molar-refractivity contribution < 1.29 is 9.53 Å². The summed E-state index contributed by atoms with van der Waals surface area (Å²) in [6.07, 6.45) is 1.13. The van der Waals surface area contributed by atoms with Gasteiger partial charge in [-0.25, -0.2) is 4.79 Å². The summed E-state index contributed by atoms with van der Waals surface area (Å²) in [7, 11) is 1.33. The van der Waals surface area contributed by atoms with Crippen molar-refractivity contribution in [2.75, 3.05) is 7.11 Å². The molecule has 0 aliphatic carbocycles. The normalized spacial score (nSPS) is 10.5. The Labute approximate surface area is 132 Å². The molecule has 0 amide bonds. The van der Waals surface area contributed by atoms with E-state index in [0.717, 1.165) is 16.7 Å². The van der Waals surface area contributed by atoms with Crippen molar-refractivity contribution in [3.8, 4) is 22.4 Å². The van der Waals surface area contributed by atoms with Crippen LogP contribution in [0.2, 0.25) is 5.02 Å². The maximum Gasteiger partial charge on any atom is 0.434 e. The molecule has 0 bridgehead atoms. The SMILES string of the molecule is COC(=O)n1ncc(-c2ccccc2)c1-c1ccc(Cl)cc1. The minimum atomic E-state index is -0.535. The van der Waals surface area contributed by atoms with Crippen LogP contribution in [0.4, 0.5) is 4.79 Å². The second-order valence-corrected chi connectivity index (χ2v) is 5.10. The molecule has 22 heavy (non-hydrogen) atoms. The molecule has 4 nitrogen and oxygen atoms in total. The number of rotatable bonds is 2. The molecule has 1 aromatic heterocycles. The smallest absolute Gasteiger partial charge is 0.434 e. The van der Waals surface area contributed by atoms with Crippen molar-refractivity contribution in [3.63, 3.8) is 0 Å². The average Bonchev–Trinajstić information content (AvgIpc) is 3.00. The Kier molecular flexibility index (Phi) is 3.94. The van der Waals surface area contributed by atoms with E-state index >= 15 is 0 Å². The summed E-state index contributed by atoms with van der Waals surface area (Å²) >= 11 is 5.95. The Morgan fingerprint density at radius 1 is 1.05 bits per heavy atom. The lowest BCUT2D eigenvalue weighted by atomic mass is 10.0.